The summed E-state index contributed by atoms with van der Waals surface area (Å²) in [6.07, 6.45) is 2.47. The Morgan fingerprint density at radius 3 is 2.32 bits per heavy atom. The zero-order valence-corrected chi connectivity index (χ0v) is 16.8. The lowest BCUT2D eigenvalue weighted by atomic mass is 10.3. The van der Waals surface area contributed by atoms with Crippen LogP contribution in [0.4, 0.5) is 0 Å². The molecule has 0 atom stereocenters. The molecule has 1 aromatic heterocycles. The molecule has 4 rings (SSSR count). The van der Waals surface area contributed by atoms with Crippen LogP contribution in [-0.2, 0) is 13.3 Å². The molecule has 0 amide bonds. The van der Waals surface area contributed by atoms with Crippen LogP contribution in [0.2, 0.25) is 0 Å². The summed E-state index contributed by atoms with van der Waals surface area (Å²) in [5.41, 5.74) is 0.994. The van der Waals surface area contributed by atoms with Crippen LogP contribution in [0.1, 0.15) is 18.7 Å². The zero-order chi connectivity index (χ0) is 19.3. The lowest BCUT2D eigenvalue weighted by molar-refractivity contribution is 0.249. The van der Waals surface area contributed by atoms with Gasteiger partial charge in [-0.1, -0.05) is 18.2 Å². The van der Waals surface area contributed by atoms with Gasteiger partial charge in [-0.05, 0) is 74.5 Å². The molecule has 0 radical (unpaired) electrons. The van der Waals surface area contributed by atoms with Gasteiger partial charge < -0.3 is 9.47 Å². The normalized spacial score (nSPS) is 14.3. The fourth-order valence-corrected chi connectivity index (χ4v) is 3.72. The SMILES string of the molecule is COc1ccc(OCc2nn(CN3CCCC3)c(=S)n2-c2ccccc2)cc1. The summed E-state index contributed by atoms with van der Waals surface area (Å²) >= 11 is 5.76. The first kappa shape index (κ1) is 18.7. The highest BCUT2D eigenvalue weighted by Crippen LogP contribution is 2.20. The minimum Gasteiger partial charge on any atom is -0.497 e. The standard InChI is InChI=1S/C21H24N4O2S/c1-26-18-9-11-19(12-10-18)27-15-20-22-24(16-23-13-5-6-14-23)21(28)25(20)17-7-3-2-4-8-17/h2-4,7-12H,5-6,13-16H2,1H3. The number of aromatic nitrogens is 3. The smallest absolute Gasteiger partial charge is 0.203 e. The first-order valence-electron chi connectivity index (χ1n) is 9.48. The molecule has 6 nitrogen and oxygen atoms in total. The molecule has 146 valence electrons. The maximum Gasteiger partial charge on any atom is 0.203 e. The number of rotatable bonds is 7. The average Bonchev–Trinajstić information content (AvgIpc) is 3.36. The highest BCUT2D eigenvalue weighted by atomic mass is 32.1. The molecule has 2 aromatic carbocycles. The summed E-state index contributed by atoms with van der Waals surface area (Å²) < 4.78 is 15.8. The maximum atomic E-state index is 5.98. The van der Waals surface area contributed by atoms with E-state index in [-0.39, 0.29) is 0 Å². The van der Waals surface area contributed by atoms with Crippen molar-refractivity contribution in [2.75, 3.05) is 20.2 Å². The van der Waals surface area contributed by atoms with E-state index in [1.54, 1.807) is 7.11 Å². The molecule has 0 saturated carbocycles. The van der Waals surface area contributed by atoms with E-state index in [4.69, 9.17) is 26.8 Å². The molecule has 1 saturated heterocycles. The van der Waals surface area contributed by atoms with Crippen LogP contribution in [0.3, 0.4) is 0 Å². The number of nitrogens with zero attached hydrogens (tertiary/aromatic N) is 4. The number of methoxy groups -OCH3 is 1. The molecule has 3 aromatic rings. The van der Waals surface area contributed by atoms with Gasteiger partial charge in [-0.3, -0.25) is 9.47 Å². The molecule has 0 N–H and O–H groups in total. The summed E-state index contributed by atoms with van der Waals surface area (Å²) in [5.74, 6) is 2.35. The summed E-state index contributed by atoms with van der Waals surface area (Å²) in [6.45, 7) is 3.24. The monoisotopic (exact) mass is 396 g/mol. The molecule has 0 aliphatic carbocycles. The van der Waals surface area contributed by atoms with Gasteiger partial charge in [-0.25, -0.2) is 4.68 Å². The lowest BCUT2D eigenvalue weighted by Gasteiger charge is -2.13. The van der Waals surface area contributed by atoms with Gasteiger partial charge in [-0.2, -0.15) is 5.10 Å². The second-order valence-electron chi connectivity index (χ2n) is 6.80. The topological polar surface area (TPSA) is 44.5 Å². The van der Waals surface area contributed by atoms with Gasteiger partial charge >= 0.3 is 0 Å². The fraction of sp³-hybridized carbons (Fsp3) is 0.333. The predicted molar refractivity (Wildman–Crippen MR) is 111 cm³/mol. The van der Waals surface area contributed by atoms with Gasteiger partial charge in [-0.15, -0.1) is 0 Å². The minimum absolute atomic E-state index is 0.331. The number of hydrogen-bond acceptors (Lipinski definition) is 5. The van der Waals surface area contributed by atoms with Crippen molar-refractivity contribution in [3.63, 3.8) is 0 Å². The molecule has 28 heavy (non-hydrogen) atoms. The van der Waals surface area contributed by atoms with Crippen LogP contribution < -0.4 is 9.47 Å². The number of likely N-dealkylation sites (tertiary alicyclic amines) is 1. The fourth-order valence-electron chi connectivity index (χ4n) is 3.41. The van der Waals surface area contributed by atoms with Gasteiger partial charge in [0.15, 0.2) is 5.82 Å². The van der Waals surface area contributed by atoms with E-state index in [9.17, 15) is 0 Å². The van der Waals surface area contributed by atoms with E-state index in [1.165, 1.54) is 12.8 Å². The molecule has 0 spiro atoms. The Morgan fingerprint density at radius 2 is 1.64 bits per heavy atom. The predicted octanol–water partition coefficient (Wildman–Crippen LogP) is 4.04. The number of para-hydroxylation sites is 1. The number of benzene rings is 2. The quantitative estimate of drug-likeness (QED) is 0.564. The third-order valence-corrected chi connectivity index (χ3v) is 5.27. The summed E-state index contributed by atoms with van der Waals surface area (Å²) in [5, 5.41) is 4.78. The van der Waals surface area contributed by atoms with Crippen molar-refractivity contribution in [3.05, 3.63) is 65.2 Å². The molecule has 0 unspecified atom stereocenters. The Hall–Kier alpha value is -2.64. The van der Waals surface area contributed by atoms with Crippen molar-refractivity contribution in [1.82, 2.24) is 19.2 Å². The van der Waals surface area contributed by atoms with E-state index in [2.05, 4.69) is 4.90 Å². The Balaban J connectivity index is 1.61. The van der Waals surface area contributed by atoms with Crippen molar-refractivity contribution < 1.29 is 9.47 Å². The Kier molecular flexibility index (Phi) is 5.73. The van der Waals surface area contributed by atoms with Crippen LogP contribution in [0.15, 0.2) is 54.6 Å². The van der Waals surface area contributed by atoms with Crippen molar-refractivity contribution in [2.24, 2.45) is 0 Å². The van der Waals surface area contributed by atoms with E-state index in [1.807, 2.05) is 63.8 Å². The van der Waals surface area contributed by atoms with Crippen molar-refractivity contribution in [1.29, 1.82) is 0 Å². The molecule has 1 aliphatic rings. The zero-order valence-electron chi connectivity index (χ0n) is 16.0. The van der Waals surface area contributed by atoms with Gasteiger partial charge in [0.05, 0.1) is 13.8 Å². The molecule has 7 heteroatoms. The van der Waals surface area contributed by atoms with Gasteiger partial charge in [0, 0.05) is 5.69 Å². The van der Waals surface area contributed by atoms with Crippen LogP contribution in [0.25, 0.3) is 5.69 Å². The van der Waals surface area contributed by atoms with Crippen LogP contribution in [0, 0.1) is 4.77 Å². The highest BCUT2D eigenvalue weighted by molar-refractivity contribution is 7.71. The first-order chi connectivity index (χ1) is 13.7. The molecule has 1 fully saturated rings. The van der Waals surface area contributed by atoms with Gasteiger partial charge in [0.25, 0.3) is 0 Å². The average molecular weight is 397 g/mol. The van der Waals surface area contributed by atoms with Crippen LogP contribution >= 0.6 is 12.2 Å². The molecular formula is C21H24N4O2S. The summed E-state index contributed by atoms with van der Waals surface area (Å²) in [7, 11) is 1.65. The molecule has 0 bridgehead atoms. The third kappa shape index (κ3) is 4.10. The van der Waals surface area contributed by atoms with Crippen molar-refractivity contribution in [2.45, 2.75) is 26.1 Å². The van der Waals surface area contributed by atoms with E-state index >= 15 is 0 Å². The second kappa shape index (κ2) is 8.58. The Morgan fingerprint density at radius 1 is 0.964 bits per heavy atom. The first-order valence-corrected chi connectivity index (χ1v) is 9.89. The van der Waals surface area contributed by atoms with E-state index < -0.39 is 0 Å². The molecule has 1 aliphatic heterocycles. The van der Waals surface area contributed by atoms with Crippen LogP contribution in [-0.4, -0.2) is 39.4 Å². The molecule has 2 heterocycles. The largest absolute Gasteiger partial charge is 0.497 e. The van der Waals surface area contributed by atoms with Crippen LogP contribution in [0.5, 0.6) is 11.5 Å². The Labute approximate surface area is 169 Å². The Bertz CT molecular complexity index is 960. The number of ether oxygens (including phenoxy) is 2. The molecular weight excluding hydrogens is 372 g/mol. The van der Waals surface area contributed by atoms with Crippen molar-refractivity contribution >= 4 is 12.2 Å². The number of hydrogen-bond donors (Lipinski definition) is 0. The second-order valence-corrected chi connectivity index (χ2v) is 7.17. The van der Waals surface area contributed by atoms with E-state index in [0.29, 0.717) is 18.0 Å². The van der Waals surface area contributed by atoms with E-state index in [0.717, 1.165) is 36.1 Å². The highest BCUT2D eigenvalue weighted by Gasteiger charge is 2.17. The van der Waals surface area contributed by atoms with Gasteiger partial charge in [0.2, 0.25) is 4.77 Å². The summed E-state index contributed by atoms with van der Waals surface area (Å²) in [4.78, 5) is 2.38. The lowest BCUT2D eigenvalue weighted by Crippen LogP contribution is -2.23. The summed E-state index contributed by atoms with van der Waals surface area (Å²) in [6, 6.07) is 17.6. The third-order valence-electron chi connectivity index (χ3n) is 4.88. The van der Waals surface area contributed by atoms with Crippen molar-refractivity contribution in [3.8, 4) is 17.2 Å². The minimum atomic E-state index is 0.331. The maximum absolute atomic E-state index is 5.98. The van der Waals surface area contributed by atoms with Gasteiger partial charge in [0.1, 0.15) is 18.1 Å².